The highest BCUT2D eigenvalue weighted by Gasteiger charge is 2.27. The van der Waals surface area contributed by atoms with E-state index in [0.29, 0.717) is 13.1 Å². The van der Waals surface area contributed by atoms with Gasteiger partial charge in [0.2, 0.25) is 0 Å². The zero-order chi connectivity index (χ0) is 16.6. The SMILES string of the molecule is Cc1cc2c(N3CCN(C(=O)OC(C)(C)C)CC3)nccn2n1. The normalized spacial score (nSPS) is 16.0. The Morgan fingerprint density at radius 1 is 1.22 bits per heavy atom. The molecular weight excluding hydrogens is 294 g/mol. The molecule has 1 aliphatic rings. The first-order valence-corrected chi connectivity index (χ1v) is 7.87. The molecule has 2 aromatic rings. The molecule has 3 heterocycles. The van der Waals surface area contributed by atoms with Crippen LogP contribution in [0.15, 0.2) is 18.5 Å². The maximum atomic E-state index is 12.1. The maximum absolute atomic E-state index is 12.1. The van der Waals surface area contributed by atoms with Crippen LogP contribution in [0.1, 0.15) is 26.5 Å². The number of amides is 1. The fourth-order valence-electron chi connectivity index (χ4n) is 2.70. The fraction of sp³-hybridized carbons (Fsp3) is 0.562. The average molecular weight is 317 g/mol. The molecule has 0 saturated carbocycles. The summed E-state index contributed by atoms with van der Waals surface area (Å²) in [6, 6.07) is 2.03. The maximum Gasteiger partial charge on any atom is 0.410 e. The number of nitrogens with zero attached hydrogens (tertiary/aromatic N) is 5. The number of aryl methyl sites for hydroxylation is 1. The van der Waals surface area contributed by atoms with E-state index in [0.717, 1.165) is 30.1 Å². The van der Waals surface area contributed by atoms with E-state index in [-0.39, 0.29) is 6.09 Å². The van der Waals surface area contributed by atoms with E-state index in [4.69, 9.17) is 4.74 Å². The Bertz CT molecular complexity index is 711. The largest absolute Gasteiger partial charge is 0.444 e. The lowest BCUT2D eigenvalue weighted by Gasteiger charge is -2.36. The Balaban J connectivity index is 1.70. The van der Waals surface area contributed by atoms with E-state index in [1.54, 1.807) is 11.1 Å². The van der Waals surface area contributed by atoms with Gasteiger partial charge in [-0.2, -0.15) is 5.10 Å². The lowest BCUT2D eigenvalue weighted by atomic mass is 10.2. The van der Waals surface area contributed by atoms with Gasteiger partial charge in [-0.25, -0.2) is 14.3 Å². The van der Waals surface area contributed by atoms with E-state index < -0.39 is 5.60 Å². The Labute approximate surface area is 135 Å². The predicted molar refractivity (Wildman–Crippen MR) is 87.7 cm³/mol. The van der Waals surface area contributed by atoms with E-state index in [9.17, 15) is 4.79 Å². The zero-order valence-electron chi connectivity index (χ0n) is 14.1. The molecule has 0 atom stereocenters. The lowest BCUT2D eigenvalue weighted by molar-refractivity contribution is 0.0240. The second kappa shape index (κ2) is 5.72. The number of carbonyl (C=O) groups excluding carboxylic acids is 1. The van der Waals surface area contributed by atoms with Crippen molar-refractivity contribution in [2.24, 2.45) is 0 Å². The van der Waals surface area contributed by atoms with Gasteiger partial charge in [0.1, 0.15) is 11.1 Å². The minimum absolute atomic E-state index is 0.247. The van der Waals surface area contributed by atoms with Crippen molar-refractivity contribution in [3.8, 4) is 0 Å². The smallest absolute Gasteiger partial charge is 0.410 e. The number of rotatable bonds is 1. The van der Waals surface area contributed by atoms with E-state index in [1.807, 2.05) is 44.5 Å². The molecular formula is C16H23N5O2. The molecule has 124 valence electrons. The summed E-state index contributed by atoms with van der Waals surface area (Å²) in [5, 5.41) is 4.42. The number of aromatic nitrogens is 3. The molecule has 0 radical (unpaired) electrons. The zero-order valence-corrected chi connectivity index (χ0v) is 14.1. The molecule has 1 aliphatic heterocycles. The van der Waals surface area contributed by atoms with Crippen LogP contribution in [0.2, 0.25) is 0 Å². The summed E-state index contributed by atoms with van der Waals surface area (Å²) in [6.45, 7) is 10.3. The third-order valence-electron chi connectivity index (χ3n) is 3.72. The molecule has 2 aromatic heterocycles. The molecule has 0 aromatic carbocycles. The molecule has 1 fully saturated rings. The van der Waals surface area contributed by atoms with Gasteiger partial charge in [0.05, 0.1) is 5.69 Å². The van der Waals surface area contributed by atoms with Crippen molar-refractivity contribution in [2.75, 3.05) is 31.1 Å². The molecule has 0 spiro atoms. The highest BCUT2D eigenvalue weighted by atomic mass is 16.6. The number of carbonyl (C=O) groups is 1. The Kier molecular flexibility index (Phi) is 3.87. The van der Waals surface area contributed by atoms with Crippen LogP contribution < -0.4 is 4.90 Å². The van der Waals surface area contributed by atoms with E-state index in [2.05, 4.69) is 15.0 Å². The average Bonchev–Trinajstić information content (AvgIpc) is 2.85. The summed E-state index contributed by atoms with van der Waals surface area (Å²) in [5.74, 6) is 0.914. The standard InChI is InChI=1S/C16H23N5O2/c1-12-11-13-14(17-5-6-21(13)18-12)19-7-9-20(10-8-19)15(22)23-16(2,3)4/h5-6,11H,7-10H2,1-4H3. The monoisotopic (exact) mass is 317 g/mol. The van der Waals surface area contributed by atoms with Gasteiger partial charge in [-0.3, -0.25) is 0 Å². The van der Waals surface area contributed by atoms with Crippen LogP contribution in [0, 0.1) is 6.92 Å². The number of ether oxygens (including phenoxy) is 1. The van der Waals surface area contributed by atoms with Crippen molar-refractivity contribution < 1.29 is 9.53 Å². The van der Waals surface area contributed by atoms with Crippen LogP contribution in [0.5, 0.6) is 0 Å². The molecule has 0 N–H and O–H groups in total. The molecule has 1 amide bonds. The molecule has 23 heavy (non-hydrogen) atoms. The van der Waals surface area contributed by atoms with Gasteiger partial charge in [-0.15, -0.1) is 0 Å². The third kappa shape index (κ3) is 3.38. The van der Waals surface area contributed by atoms with E-state index >= 15 is 0 Å². The summed E-state index contributed by atoms with van der Waals surface area (Å²) in [4.78, 5) is 20.6. The van der Waals surface area contributed by atoms with Gasteiger partial charge in [0, 0.05) is 38.6 Å². The highest BCUT2D eigenvalue weighted by Crippen LogP contribution is 2.21. The summed E-state index contributed by atoms with van der Waals surface area (Å²) >= 11 is 0. The van der Waals surface area contributed by atoms with Crippen molar-refractivity contribution in [3.63, 3.8) is 0 Å². The number of fused-ring (bicyclic) bond motifs is 1. The second-order valence-electron chi connectivity index (χ2n) is 6.82. The number of hydrogen-bond acceptors (Lipinski definition) is 5. The van der Waals surface area contributed by atoms with Crippen LogP contribution >= 0.6 is 0 Å². The van der Waals surface area contributed by atoms with Crippen LogP contribution in [0.25, 0.3) is 5.52 Å². The Morgan fingerprint density at radius 3 is 2.57 bits per heavy atom. The second-order valence-corrected chi connectivity index (χ2v) is 6.82. The van der Waals surface area contributed by atoms with Crippen LogP contribution in [0.4, 0.5) is 10.6 Å². The Morgan fingerprint density at radius 2 is 1.91 bits per heavy atom. The number of hydrogen-bond donors (Lipinski definition) is 0. The van der Waals surface area contributed by atoms with E-state index in [1.165, 1.54) is 0 Å². The van der Waals surface area contributed by atoms with Gasteiger partial charge in [0.15, 0.2) is 5.82 Å². The lowest BCUT2D eigenvalue weighted by Crippen LogP contribution is -2.50. The Hall–Kier alpha value is -2.31. The summed E-state index contributed by atoms with van der Waals surface area (Å²) in [6.07, 6.45) is 3.36. The van der Waals surface area contributed by atoms with Crippen molar-refractivity contribution in [3.05, 3.63) is 24.2 Å². The van der Waals surface area contributed by atoms with Crippen molar-refractivity contribution in [1.29, 1.82) is 0 Å². The number of piperazine rings is 1. The fourth-order valence-corrected chi connectivity index (χ4v) is 2.70. The van der Waals surface area contributed by atoms with Gasteiger partial charge < -0.3 is 14.5 Å². The quantitative estimate of drug-likeness (QED) is 0.806. The van der Waals surface area contributed by atoms with Crippen LogP contribution in [-0.4, -0.2) is 57.4 Å². The van der Waals surface area contributed by atoms with Crippen LogP contribution in [-0.2, 0) is 4.74 Å². The van der Waals surface area contributed by atoms with Gasteiger partial charge in [-0.1, -0.05) is 0 Å². The summed E-state index contributed by atoms with van der Waals surface area (Å²) < 4.78 is 7.28. The third-order valence-corrected chi connectivity index (χ3v) is 3.72. The molecule has 7 heteroatoms. The first-order chi connectivity index (χ1) is 10.8. The van der Waals surface area contributed by atoms with Gasteiger partial charge in [0.25, 0.3) is 0 Å². The van der Waals surface area contributed by atoms with Crippen molar-refractivity contribution in [1.82, 2.24) is 19.5 Å². The topological polar surface area (TPSA) is 63.0 Å². The molecule has 0 bridgehead atoms. The van der Waals surface area contributed by atoms with Crippen molar-refractivity contribution >= 4 is 17.4 Å². The molecule has 3 rings (SSSR count). The highest BCUT2D eigenvalue weighted by molar-refractivity contribution is 5.71. The molecule has 7 nitrogen and oxygen atoms in total. The van der Waals surface area contributed by atoms with Crippen molar-refractivity contribution in [2.45, 2.75) is 33.3 Å². The summed E-state index contributed by atoms with van der Waals surface area (Å²) in [7, 11) is 0. The van der Waals surface area contributed by atoms with Crippen LogP contribution in [0.3, 0.4) is 0 Å². The number of anilines is 1. The molecule has 0 unspecified atom stereocenters. The minimum atomic E-state index is -0.462. The summed E-state index contributed by atoms with van der Waals surface area (Å²) in [5.41, 5.74) is 1.50. The first-order valence-electron chi connectivity index (χ1n) is 7.87. The predicted octanol–water partition coefficient (Wildman–Crippen LogP) is 2.09. The van der Waals surface area contributed by atoms with Gasteiger partial charge >= 0.3 is 6.09 Å². The first kappa shape index (κ1) is 15.6. The molecule has 1 saturated heterocycles. The van der Waals surface area contributed by atoms with Gasteiger partial charge in [-0.05, 0) is 33.8 Å². The minimum Gasteiger partial charge on any atom is -0.444 e. The molecule has 0 aliphatic carbocycles.